The Bertz CT molecular complexity index is 851. The number of hydrogen-bond acceptors (Lipinski definition) is 3. The molecule has 0 spiro atoms. The predicted octanol–water partition coefficient (Wildman–Crippen LogP) is 6.38. The first-order chi connectivity index (χ1) is 15.6. The summed E-state index contributed by atoms with van der Waals surface area (Å²) in [6, 6.07) is 3.99. The van der Waals surface area contributed by atoms with Crippen LogP contribution in [0.4, 0.5) is 23.2 Å². The number of nitrogens with one attached hydrogen (secondary N) is 1. The van der Waals surface area contributed by atoms with Crippen LogP contribution in [0.15, 0.2) is 42.3 Å². The normalized spacial score (nSPS) is 26.0. The third kappa shape index (κ3) is 6.38. The highest BCUT2D eigenvalue weighted by Crippen LogP contribution is 2.46. The van der Waals surface area contributed by atoms with Gasteiger partial charge in [0, 0.05) is 30.7 Å². The molecule has 33 heavy (non-hydrogen) atoms. The molecule has 0 radical (unpaired) electrons. The molecule has 5 atom stereocenters. The third-order valence-electron chi connectivity index (χ3n) is 7.27. The number of hydrogen-bond donors (Lipinski definition) is 2. The molecule has 0 saturated heterocycles. The minimum atomic E-state index is -4.37. The van der Waals surface area contributed by atoms with Crippen molar-refractivity contribution in [1.82, 2.24) is 4.90 Å². The molecular weight excluding hydrogens is 432 g/mol. The molecular formula is C26H36F4N2O. The number of rotatable bonds is 9. The minimum absolute atomic E-state index is 0.0248. The van der Waals surface area contributed by atoms with Gasteiger partial charge in [0.15, 0.2) is 0 Å². The van der Waals surface area contributed by atoms with E-state index in [4.69, 9.17) is 0 Å². The molecule has 0 amide bonds. The Morgan fingerprint density at radius 2 is 2.03 bits per heavy atom. The molecule has 3 nitrogen and oxygen atoms in total. The lowest BCUT2D eigenvalue weighted by atomic mass is 9.70. The second kappa shape index (κ2) is 11.0. The zero-order chi connectivity index (χ0) is 24.2. The number of fused-ring (bicyclic) bond motifs is 1. The van der Waals surface area contributed by atoms with E-state index in [1.54, 1.807) is 6.08 Å². The molecule has 1 aliphatic heterocycles. The van der Waals surface area contributed by atoms with Gasteiger partial charge in [-0.15, -0.1) is 0 Å². The molecule has 1 heterocycles. The fourth-order valence-corrected chi connectivity index (χ4v) is 5.34. The molecule has 2 aliphatic rings. The van der Waals surface area contributed by atoms with Crippen molar-refractivity contribution in [2.75, 3.05) is 31.6 Å². The largest absolute Gasteiger partial charge is 0.416 e. The Hall–Kier alpha value is -1.86. The zero-order valence-corrected chi connectivity index (χ0v) is 19.7. The Morgan fingerprint density at radius 1 is 1.27 bits per heavy atom. The lowest BCUT2D eigenvalue weighted by Crippen LogP contribution is -2.42. The molecule has 0 saturated carbocycles. The highest BCUT2D eigenvalue weighted by molar-refractivity contribution is 5.58. The van der Waals surface area contributed by atoms with E-state index in [0.29, 0.717) is 24.4 Å². The van der Waals surface area contributed by atoms with E-state index in [-0.39, 0.29) is 36.2 Å². The summed E-state index contributed by atoms with van der Waals surface area (Å²) in [6.45, 7) is 8.80. The van der Waals surface area contributed by atoms with Crippen LogP contribution in [0.3, 0.4) is 0 Å². The molecule has 2 N–H and O–H groups in total. The first-order valence-electron chi connectivity index (χ1n) is 12.0. The molecule has 1 aromatic rings. The van der Waals surface area contributed by atoms with Crippen LogP contribution < -0.4 is 5.32 Å². The van der Waals surface area contributed by atoms with Gasteiger partial charge in [-0.25, -0.2) is 4.39 Å². The monoisotopic (exact) mass is 468 g/mol. The number of nitrogens with zero attached hydrogens (tertiary/aromatic N) is 1. The van der Waals surface area contributed by atoms with Crippen LogP contribution in [0, 0.1) is 17.8 Å². The summed E-state index contributed by atoms with van der Waals surface area (Å²) < 4.78 is 53.7. The number of allylic oxidation sites excluding steroid dienone is 3. The smallest absolute Gasteiger partial charge is 0.395 e. The lowest BCUT2D eigenvalue weighted by Gasteiger charge is -2.43. The van der Waals surface area contributed by atoms with Gasteiger partial charge in [0.2, 0.25) is 0 Å². The van der Waals surface area contributed by atoms with E-state index in [0.717, 1.165) is 37.7 Å². The maximum absolute atomic E-state index is 13.6. The average Bonchev–Trinajstić information content (AvgIpc) is 2.77. The topological polar surface area (TPSA) is 35.5 Å². The molecule has 184 valence electrons. The Kier molecular flexibility index (Phi) is 8.62. The number of aliphatic hydroxyl groups is 1. The van der Waals surface area contributed by atoms with E-state index in [1.807, 2.05) is 13.0 Å². The molecule has 0 aromatic heterocycles. The molecule has 0 bridgehead atoms. The van der Waals surface area contributed by atoms with E-state index in [9.17, 15) is 22.7 Å². The fraction of sp³-hybridized carbons (Fsp3) is 0.615. The number of alkyl halides is 3. The quantitative estimate of drug-likeness (QED) is 0.413. The second-order valence-electron chi connectivity index (χ2n) is 9.57. The van der Waals surface area contributed by atoms with Crippen molar-refractivity contribution in [2.45, 2.75) is 58.2 Å². The maximum atomic E-state index is 13.6. The van der Waals surface area contributed by atoms with Crippen molar-refractivity contribution in [3.63, 3.8) is 0 Å². The predicted molar refractivity (Wildman–Crippen MR) is 125 cm³/mol. The molecule has 2 unspecified atom stereocenters. The average molecular weight is 469 g/mol. The van der Waals surface area contributed by atoms with E-state index >= 15 is 0 Å². The van der Waals surface area contributed by atoms with Gasteiger partial charge in [0.05, 0.1) is 12.2 Å². The van der Waals surface area contributed by atoms with Crippen LogP contribution in [0.2, 0.25) is 0 Å². The van der Waals surface area contributed by atoms with Crippen LogP contribution in [0.1, 0.15) is 57.1 Å². The number of anilines is 1. The van der Waals surface area contributed by atoms with Gasteiger partial charge in [-0.05, 0) is 79.5 Å². The van der Waals surface area contributed by atoms with E-state index in [2.05, 4.69) is 24.1 Å². The van der Waals surface area contributed by atoms with Crippen molar-refractivity contribution < 1.29 is 22.7 Å². The van der Waals surface area contributed by atoms with Gasteiger partial charge in [-0.3, -0.25) is 0 Å². The number of likely N-dealkylation sites (N-methyl/N-ethyl adjacent to an activating group) is 1. The summed E-state index contributed by atoms with van der Waals surface area (Å²) in [5.41, 5.74) is 0.828. The minimum Gasteiger partial charge on any atom is -0.395 e. The second-order valence-corrected chi connectivity index (χ2v) is 9.57. The molecule has 1 aliphatic carbocycles. The molecule has 3 rings (SSSR count). The highest BCUT2D eigenvalue weighted by Gasteiger charge is 2.39. The fourth-order valence-electron chi connectivity index (χ4n) is 5.34. The van der Waals surface area contributed by atoms with Crippen LogP contribution in [-0.4, -0.2) is 42.3 Å². The lowest BCUT2D eigenvalue weighted by molar-refractivity contribution is -0.137. The summed E-state index contributed by atoms with van der Waals surface area (Å²) in [6.07, 6.45) is 2.98. The van der Waals surface area contributed by atoms with Crippen molar-refractivity contribution >= 4 is 5.69 Å². The van der Waals surface area contributed by atoms with Gasteiger partial charge in [0.25, 0.3) is 0 Å². The Balaban J connectivity index is 1.82. The van der Waals surface area contributed by atoms with Gasteiger partial charge < -0.3 is 15.3 Å². The summed E-state index contributed by atoms with van der Waals surface area (Å²) in [7, 11) is 0. The summed E-state index contributed by atoms with van der Waals surface area (Å²) in [5.74, 6) is 0.319. The van der Waals surface area contributed by atoms with Crippen LogP contribution in [0.5, 0.6) is 0 Å². The summed E-state index contributed by atoms with van der Waals surface area (Å²) >= 11 is 0. The van der Waals surface area contributed by atoms with Crippen molar-refractivity contribution in [3.8, 4) is 0 Å². The standard InChI is InChI=1S/C26H36F4N2O/c1-4-32(13-14-33)16-17(2)5-11-22-18(3)23-15-20(26(28,29)30)8-12-24(23)31-25(22)19-6-9-21(27)10-7-19/h6,8-10,12,15,17-19,22,25,31,33H,4-5,7,11,13-14,16H2,1-3H3/t17-,18?,19?,22-,25+/m1/s1. The summed E-state index contributed by atoms with van der Waals surface area (Å²) in [5, 5.41) is 12.8. The first kappa shape index (κ1) is 25.8. The zero-order valence-electron chi connectivity index (χ0n) is 19.7. The van der Waals surface area contributed by atoms with E-state index < -0.39 is 11.7 Å². The van der Waals surface area contributed by atoms with Gasteiger partial charge in [-0.2, -0.15) is 13.2 Å². The number of aliphatic hydroxyl groups excluding tert-OH is 1. The first-order valence-corrected chi connectivity index (χ1v) is 12.0. The Labute approximate surface area is 194 Å². The van der Waals surface area contributed by atoms with Crippen molar-refractivity contribution in [3.05, 3.63) is 53.4 Å². The summed E-state index contributed by atoms with van der Waals surface area (Å²) in [4.78, 5) is 2.22. The molecule has 7 heteroatoms. The molecule has 0 fully saturated rings. The third-order valence-corrected chi connectivity index (χ3v) is 7.27. The van der Waals surface area contributed by atoms with Gasteiger partial charge in [-0.1, -0.05) is 26.8 Å². The Morgan fingerprint density at radius 3 is 2.64 bits per heavy atom. The molecule has 1 aromatic carbocycles. The van der Waals surface area contributed by atoms with Crippen LogP contribution in [-0.2, 0) is 6.18 Å². The van der Waals surface area contributed by atoms with Crippen molar-refractivity contribution in [1.29, 1.82) is 0 Å². The maximum Gasteiger partial charge on any atom is 0.416 e. The van der Waals surface area contributed by atoms with Gasteiger partial charge in [0.1, 0.15) is 5.83 Å². The number of benzene rings is 1. The SMILES string of the molecule is CCN(CCO)C[C@H](C)CC[C@@H]1C(C)c2cc(C(F)(F)F)ccc2N[C@H]1C1C=CC(F)=CC1. The van der Waals surface area contributed by atoms with Gasteiger partial charge >= 0.3 is 6.18 Å². The highest BCUT2D eigenvalue weighted by atomic mass is 19.4. The van der Waals surface area contributed by atoms with Crippen LogP contribution >= 0.6 is 0 Å². The van der Waals surface area contributed by atoms with Crippen LogP contribution in [0.25, 0.3) is 0 Å². The van der Waals surface area contributed by atoms with Crippen molar-refractivity contribution in [2.24, 2.45) is 17.8 Å². The number of halogens is 4. The van der Waals surface area contributed by atoms with E-state index in [1.165, 1.54) is 18.2 Å².